The number of benzene rings is 1. The molecular weight excluding hydrogens is 328 g/mol. The minimum atomic E-state index is -0.389. The largest absolute Gasteiger partial charge is 0.337 e. The summed E-state index contributed by atoms with van der Waals surface area (Å²) in [5.74, 6) is 0.225. The van der Waals surface area contributed by atoms with E-state index < -0.39 is 0 Å². The van der Waals surface area contributed by atoms with Crippen molar-refractivity contribution in [1.29, 1.82) is 0 Å². The summed E-state index contributed by atoms with van der Waals surface area (Å²) in [5, 5.41) is 0. The number of aromatic amines is 1. The molecule has 1 fully saturated rings. The molecule has 0 bridgehead atoms. The van der Waals surface area contributed by atoms with E-state index in [0.29, 0.717) is 18.9 Å². The highest BCUT2D eigenvalue weighted by molar-refractivity contribution is 5.93. The summed E-state index contributed by atoms with van der Waals surface area (Å²) < 4.78 is 0. The van der Waals surface area contributed by atoms with Gasteiger partial charge in [-0.05, 0) is 39.8 Å². The Hall–Kier alpha value is -2.47. The molecule has 1 aliphatic rings. The fourth-order valence-corrected chi connectivity index (χ4v) is 3.25. The van der Waals surface area contributed by atoms with Crippen molar-refractivity contribution in [3.63, 3.8) is 0 Å². The van der Waals surface area contributed by atoms with Crippen LogP contribution in [0.15, 0.2) is 35.3 Å². The predicted octanol–water partition coefficient (Wildman–Crippen LogP) is 2.30. The van der Waals surface area contributed by atoms with Crippen LogP contribution in [0.1, 0.15) is 35.7 Å². The van der Waals surface area contributed by atoms with Crippen molar-refractivity contribution in [2.75, 3.05) is 32.7 Å². The Morgan fingerprint density at radius 3 is 2.54 bits per heavy atom. The highest BCUT2D eigenvalue weighted by atomic mass is 16.2. The summed E-state index contributed by atoms with van der Waals surface area (Å²) in [4.78, 5) is 36.3. The number of hydrogen-bond donors (Lipinski definition) is 1. The van der Waals surface area contributed by atoms with Crippen molar-refractivity contribution in [3.8, 4) is 11.4 Å². The van der Waals surface area contributed by atoms with Gasteiger partial charge in [-0.25, -0.2) is 4.98 Å². The van der Waals surface area contributed by atoms with Gasteiger partial charge < -0.3 is 14.8 Å². The van der Waals surface area contributed by atoms with Crippen molar-refractivity contribution in [1.82, 2.24) is 19.8 Å². The Morgan fingerprint density at radius 2 is 1.92 bits per heavy atom. The van der Waals surface area contributed by atoms with Crippen LogP contribution in [-0.2, 0) is 0 Å². The molecule has 6 nitrogen and oxygen atoms in total. The smallest absolute Gasteiger partial charge is 0.264 e. The molecule has 1 N–H and O–H groups in total. The monoisotopic (exact) mass is 354 g/mol. The molecule has 0 spiro atoms. The van der Waals surface area contributed by atoms with Crippen molar-refractivity contribution < 1.29 is 4.79 Å². The maximum atomic E-state index is 12.7. The number of H-pyrrole nitrogens is 1. The van der Waals surface area contributed by atoms with Crippen LogP contribution in [0.5, 0.6) is 0 Å². The quantitative estimate of drug-likeness (QED) is 0.864. The molecule has 3 rings (SSSR count). The number of nitrogens with zero attached hydrogens (tertiary/aromatic N) is 3. The third kappa shape index (κ3) is 4.19. The Morgan fingerprint density at radius 1 is 1.23 bits per heavy atom. The summed E-state index contributed by atoms with van der Waals surface area (Å²) in [6, 6.07) is 7.74. The van der Waals surface area contributed by atoms with E-state index in [0.717, 1.165) is 30.8 Å². The van der Waals surface area contributed by atoms with Gasteiger partial charge in [0.05, 0.1) is 0 Å². The Kier molecular flexibility index (Phi) is 5.83. The molecule has 1 aromatic heterocycles. The highest BCUT2D eigenvalue weighted by Gasteiger charge is 2.20. The zero-order valence-corrected chi connectivity index (χ0v) is 15.5. The van der Waals surface area contributed by atoms with Gasteiger partial charge in [0.25, 0.3) is 11.5 Å². The third-order valence-corrected chi connectivity index (χ3v) is 4.91. The fraction of sp³-hybridized carbons (Fsp3) is 0.450. The zero-order valence-electron chi connectivity index (χ0n) is 15.5. The molecule has 138 valence electrons. The van der Waals surface area contributed by atoms with Gasteiger partial charge in [0, 0.05) is 31.4 Å². The highest BCUT2D eigenvalue weighted by Crippen LogP contribution is 2.14. The van der Waals surface area contributed by atoms with E-state index in [-0.39, 0.29) is 17.0 Å². The van der Waals surface area contributed by atoms with E-state index in [9.17, 15) is 9.59 Å². The predicted molar refractivity (Wildman–Crippen MR) is 102 cm³/mol. The lowest BCUT2D eigenvalue weighted by Gasteiger charge is -2.24. The molecule has 0 unspecified atom stereocenters. The summed E-state index contributed by atoms with van der Waals surface area (Å²) in [6.07, 6.45) is 3.85. The van der Waals surface area contributed by atoms with E-state index in [1.54, 1.807) is 4.90 Å². The summed E-state index contributed by atoms with van der Waals surface area (Å²) in [6.45, 7) is 8.19. The fourth-order valence-electron chi connectivity index (χ4n) is 3.25. The van der Waals surface area contributed by atoms with E-state index in [1.165, 1.54) is 19.0 Å². The first-order valence-corrected chi connectivity index (χ1v) is 9.26. The van der Waals surface area contributed by atoms with E-state index in [2.05, 4.69) is 14.9 Å². The van der Waals surface area contributed by atoms with Crippen LogP contribution in [0, 0.1) is 6.92 Å². The maximum absolute atomic E-state index is 12.7. The van der Waals surface area contributed by atoms with Gasteiger partial charge in [0.15, 0.2) is 0 Å². The molecule has 0 radical (unpaired) electrons. The van der Waals surface area contributed by atoms with Gasteiger partial charge in [-0.3, -0.25) is 9.59 Å². The van der Waals surface area contributed by atoms with Crippen LogP contribution >= 0.6 is 0 Å². The minimum absolute atomic E-state index is 0.101. The summed E-state index contributed by atoms with van der Waals surface area (Å²) in [7, 11) is 0. The number of carbonyl (C=O) groups is 1. The molecule has 0 atom stereocenters. The molecule has 26 heavy (non-hydrogen) atoms. The molecule has 0 aliphatic carbocycles. The molecule has 0 saturated carbocycles. The van der Waals surface area contributed by atoms with Gasteiger partial charge >= 0.3 is 0 Å². The van der Waals surface area contributed by atoms with Crippen LogP contribution in [0.4, 0.5) is 0 Å². The molecule has 2 heterocycles. The third-order valence-electron chi connectivity index (χ3n) is 4.91. The first kappa shape index (κ1) is 18.3. The molecular formula is C20H26N4O2. The molecule has 1 amide bonds. The Bertz CT molecular complexity index is 807. The average molecular weight is 354 g/mol. The lowest BCUT2D eigenvalue weighted by atomic mass is 10.1. The van der Waals surface area contributed by atoms with Gasteiger partial charge in [-0.15, -0.1) is 0 Å². The van der Waals surface area contributed by atoms with Crippen LogP contribution in [0.2, 0.25) is 0 Å². The molecule has 6 heteroatoms. The minimum Gasteiger partial charge on any atom is -0.337 e. The van der Waals surface area contributed by atoms with Crippen LogP contribution in [0.3, 0.4) is 0 Å². The first-order chi connectivity index (χ1) is 12.6. The molecule has 1 aliphatic heterocycles. The van der Waals surface area contributed by atoms with Gasteiger partial charge in [-0.1, -0.05) is 29.8 Å². The molecule has 2 aromatic rings. The summed E-state index contributed by atoms with van der Waals surface area (Å²) >= 11 is 0. The Balaban J connectivity index is 1.73. The number of amides is 1. The zero-order chi connectivity index (χ0) is 18.5. The lowest BCUT2D eigenvalue weighted by Crippen LogP contribution is -2.40. The number of likely N-dealkylation sites (tertiary alicyclic amines) is 1. The second-order valence-corrected chi connectivity index (χ2v) is 6.77. The number of hydrogen-bond acceptors (Lipinski definition) is 4. The molecule has 1 saturated heterocycles. The lowest BCUT2D eigenvalue weighted by molar-refractivity contribution is 0.0747. The van der Waals surface area contributed by atoms with Crippen molar-refractivity contribution in [2.24, 2.45) is 0 Å². The first-order valence-electron chi connectivity index (χ1n) is 9.26. The van der Waals surface area contributed by atoms with E-state index in [1.807, 2.05) is 38.1 Å². The number of likely N-dealkylation sites (N-methyl/N-ethyl adjacent to an activating group) is 1. The van der Waals surface area contributed by atoms with Crippen molar-refractivity contribution in [2.45, 2.75) is 26.7 Å². The maximum Gasteiger partial charge on any atom is 0.264 e. The van der Waals surface area contributed by atoms with Crippen LogP contribution < -0.4 is 5.56 Å². The van der Waals surface area contributed by atoms with Crippen LogP contribution in [-0.4, -0.2) is 58.4 Å². The normalized spacial score (nSPS) is 14.5. The number of carbonyl (C=O) groups excluding carboxylic acids is 1. The van der Waals surface area contributed by atoms with E-state index >= 15 is 0 Å². The van der Waals surface area contributed by atoms with Crippen molar-refractivity contribution >= 4 is 5.91 Å². The second-order valence-electron chi connectivity index (χ2n) is 6.77. The van der Waals surface area contributed by atoms with Crippen LogP contribution in [0.25, 0.3) is 11.4 Å². The summed E-state index contributed by atoms with van der Waals surface area (Å²) in [5.41, 5.74) is 1.68. The van der Waals surface area contributed by atoms with Gasteiger partial charge in [0.1, 0.15) is 11.4 Å². The number of nitrogens with one attached hydrogen (secondary N) is 1. The van der Waals surface area contributed by atoms with Gasteiger partial charge in [-0.2, -0.15) is 0 Å². The topological polar surface area (TPSA) is 69.3 Å². The van der Waals surface area contributed by atoms with Gasteiger partial charge in [0.2, 0.25) is 0 Å². The van der Waals surface area contributed by atoms with Crippen molar-refractivity contribution in [3.05, 3.63) is 51.9 Å². The number of rotatable bonds is 6. The average Bonchev–Trinajstić information content (AvgIpc) is 3.16. The number of aryl methyl sites for hydroxylation is 1. The SMILES string of the molecule is CCN(CCN1CCCC1)C(=O)c1cnc(-c2ccc(C)cc2)[nH]c1=O. The second kappa shape index (κ2) is 8.27. The van der Waals surface area contributed by atoms with E-state index in [4.69, 9.17) is 0 Å². The number of aromatic nitrogens is 2. The standard InChI is InChI=1S/C20H26N4O2/c1-3-24(13-12-23-10-4-5-11-23)20(26)17-14-21-18(22-19(17)25)16-8-6-15(2)7-9-16/h6-9,14H,3-5,10-13H2,1-2H3,(H,21,22,25). The molecule has 1 aromatic carbocycles. The Labute approximate surface area is 153 Å².